The monoisotopic (exact) mass is 348 g/mol. The van der Waals surface area contributed by atoms with Crippen LogP contribution in [0.25, 0.3) is 0 Å². The van der Waals surface area contributed by atoms with Crippen LogP contribution in [-0.4, -0.2) is 38.8 Å². The highest BCUT2D eigenvalue weighted by molar-refractivity contribution is 5.94. The van der Waals surface area contributed by atoms with E-state index < -0.39 is 29.5 Å². The van der Waals surface area contributed by atoms with Crippen LogP contribution in [0.4, 0.5) is 0 Å². The molecule has 0 unspecified atom stereocenters. The lowest BCUT2D eigenvalue weighted by molar-refractivity contribution is -0.130. The van der Waals surface area contributed by atoms with E-state index in [1.54, 1.807) is 13.0 Å². The van der Waals surface area contributed by atoms with Gasteiger partial charge in [0.15, 0.2) is 0 Å². The van der Waals surface area contributed by atoms with Gasteiger partial charge in [0, 0.05) is 17.4 Å². The Morgan fingerprint density at radius 3 is 2.64 bits per heavy atom. The summed E-state index contributed by atoms with van der Waals surface area (Å²) in [5, 5.41) is 31.0. The topological polar surface area (TPSA) is 104 Å². The van der Waals surface area contributed by atoms with Crippen molar-refractivity contribution in [3.8, 4) is 11.5 Å². The SMILES string of the molecule is CCCc1cc2c(c(O)c1C(=O)O)[C@H]1[C@H](C(C)=O)CC[C@](C)(O)[C@H]1O2. The lowest BCUT2D eigenvalue weighted by Crippen LogP contribution is -2.51. The summed E-state index contributed by atoms with van der Waals surface area (Å²) >= 11 is 0. The zero-order valence-corrected chi connectivity index (χ0v) is 14.7. The van der Waals surface area contributed by atoms with Crippen molar-refractivity contribution in [3.63, 3.8) is 0 Å². The van der Waals surface area contributed by atoms with Crippen LogP contribution < -0.4 is 4.74 Å². The largest absolute Gasteiger partial charge is 0.507 e. The first kappa shape index (κ1) is 17.7. The number of ether oxygens (including phenoxy) is 1. The first-order valence-electron chi connectivity index (χ1n) is 8.70. The molecule has 136 valence electrons. The third kappa shape index (κ3) is 2.68. The van der Waals surface area contributed by atoms with Crippen molar-refractivity contribution in [2.75, 3.05) is 0 Å². The molecule has 0 amide bonds. The Kier molecular flexibility index (Phi) is 4.27. The molecule has 1 aromatic rings. The van der Waals surface area contributed by atoms with Gasteiger partial charge in [0.05, 0.1) is 5.60 Å². The zero-order chi connectivity index (χ0) is 18.5. The highest BCUT2D eigenvalue weighted by Crippen LogP contribution is 2.55. The van der Waals surface area contributed by atoms with Crippen LogP contribution >= 0.6 is 0 Å². The van der Waals surface area contributed by atoms with Crippen LogP contribution in [0, 0.1) is 5.92 Å². The molecular formula is C19H24O6. The Balaban J connectivity index is 2.21. The number of fused-ring (bicyclic) bond motifs is 3. The van der Waals surface area contributed by atoms with Gasteiger partial charge in [0.1, 0.15) is 28.9 Å². The number of aromatic carboxylic acids is 1. The van der Waals surface area contributed by atoms with E-state index in [1.165, 1.54) is 6.92 Å². The van der Waals surface area contributed by atoms with Gasteiger partial charge in [-0.05, 0) is 44.7 Å². The molecule has 4 atom stereocenters. The molecule has 6 nitrogen and oxygen atoms in total. The number of ketones is 1. The van der Waals surface area contributed by atoms with E-state index in [4.69, 9.17) is 4.74 Å². The average Bonchev–Trinajstić information content (AvgIpc) is 2.88. The Morgan fingerprint density at radius 2 is 2.08 bits per heavy atom. The number of aromatic hydroxyl groups is 1. The van der Waals surface area contributed by atoms with E-state index in [0.717, 1.165) is 6.42 Å². The van der Waals surface area contributed by atoms with Crippen molar-refractivity contribution in [1.82, 2.24) is 0 Å². The number of hydrogen-bond acceptors (Lipinski definition) is 5. The predicted octanol–water partition coefficient (Wildman–Crippen LogP) is 2.64. The van der Waals surface area contributed by atoms with Crippen LogP contribution in [0.1, 0.15) is 67.4 Å². The smallest absolute Gasteiger partial charge is 0.339 e. The number of aryl methyl sites for hydroxylation is 1. The molecule has 1 aliphatic carbocycles. The Hall–Kier alpha value is -2.08. The number of Topliss-reactive ketones (excluding diaryl/α,β-unsaturated/α-hetero) is 1. The zero-order valence-electron chi connectivity index (χ0n) is 14.7. The average molecular weight is 348 g/mol. The molecular weight excluding hydrogens is 324 g/mol. The fourth-order valence-corrected chi connectivity index (χ4v) is 4.35. The van der Waals surface area contributed by atoms with E-state index >= 15 is 0 Å². The van der Waals surface area contributed by atoms with Gasteiger partial charge in [-0.3, -0.25) is 4.79 Å². The summed E-state index contributed by atoms with van der Waals surface area (Å²) in [5.41, 5.74) is -0.417. The van der Waals surface area contributed by atoms with Crippen molar-refractivity contribution < 1.29 is 29.6 Å². The molecule has 1 fully saturated rings. The summed E-state index contributed by atoms with van der Waals surface area (Å²) in [6.07, 6.45) is 1.44. The number of hydrogen-bond donors (Lipinski definition) is 3. The van der Waals surface area contributed by atoms with E-state index in [0.29, 0.717) is 36.1 Å². The summed E-state index contributed by atoms with van der Waals surface area (Å²) in [6, 6.07) is 1.65. The lowest BCUT2D eigenvalue weighted by atomic mass is 9.67. The minimum Gasteiger partial charge on any atom is -0.507 e. The van der Waals surface area contributed by atoms with Gasteiger partial charge in [-0.1, -0.05) is 13.3 Å². The van der Waals surface area contributed by atoms with Crippen molar-refractivity contribution >= 4 is 11.8 Å². The number of aliphatic hydroxyl groups is 1. The van der Waals surface area contributed by atoms with Crippen molar-refractivity contribution in [1.29, 1.82) is 0 Å². The summed E-state index contributed by atoms with van der Waals surface area (Å²) in [6.45, 7) is 5.07. The maximum Gasteiger partial charge on any atom is 0.339 e. The number of carbonyl (C=O) groups excluding carboxylic acids is 1. The van der Waals surface area contributed by atoms with Gasteiger partial charge in [-0.2, -0.15) is 0 Å². The maximum absolute atomic E-state index is 12.1. The molecule has 3 rings (SSSR count). The second kappa shape index (κ2) is 6.02. The molecule has 1 heterocycles. The number of carboxylic acids is 1. The highest BCUT2D eigenvalue weighted by atomic mass is 16.5. The van der Waals surface area contributed by atoms with Crippen LogP contribution in [0.5, 0.6) is 11.5 Å². The third-order valence-electron chi connectivity index (χ3n) is 5.56. The molecule has 0 spiro atoms. The first-order valence-corrected chi connectivity index (χ1v) is 8.70. The van der Waals surface area contributed by atoms with Gasteiger partial charge in [0.2, 0.25) is 0 Å². The second-order valence-electron chi connectivity index (χ2n) is 7.40. The van der Waals surface area contributed by atoms with E-state index in [-0.39, 0.29) is 17.1 Å². The van der Waals surface area contributed by atoms with Crippen LogP contribution in [0.3, 0.4) is 0 Å². The fourth-order valence-electron chi connectivity index (χ4n) is 4.35. The van der Waals surface area contributed by atoms with Gasteiger partial charge in [0.25, 0.3) is 0 Å². The van der Waals surface area contributed by atoms with Gasteiger partial charge >= 0.3 is 5.97 Å². The Bertz CT molecular complexity index is 736. The minimum absolute atomic E-state index is 0.0455. The number of rotatable bonds is 4. The molecule has 25 heavy (non-hydrogen) atoms. The summed E-state index contributed by atoms with van der Waals surface area (Å²) in [5.74, 6) is -2.13. The van der Waals surface area contributed by atoms with Crippen LogP contribution in [-0.2, 0) is 11.2 Å². The standard InChI is InChI=1S/C19H24O6/c1-4-5-10-8-12-15(16(21)13(10)18(22)23)14-11(9(2)20)6-7-19(3,24)17(14)25-12/h8,11,14,17,21,24H,4-7H2,1-3H3,(H,22,23)/t11-,14+,17-,19-/m0/s1. The van der Waals surface area contributed by atoms with Crippen LogP contribution in [0.2, 0.25) is 0 Å². The summed E-state index contributed by atoms with van der Waals surface area (Å²) < 4.78 is 5.95. The molecule has 1 aliphatic heterocycles. The molecule has 3 N–H and O–H groups in total. The molecule has 2 aliphatic rings. The molecule has 1 aromatic carbocycles. The Morgan fingerprint density at radius 1 is 1.40 bits per heavy atom. The first-order chi connectivity index (χ1) is 11.7. The number of carbonyl (C=O) groups is 2. The maximum atomic E-state index is 12.1. The van der Waals surface area contributed by atoms with E-state index in [2.05, 4.69) is 0 Å². The summed E-state index contributed by atoms with van der Waals surface area (Å²) in [7, 11) is 0. The van der Waals surface area contributed by atoms with E-state index in [9.17, 15) is 24.9 Å². The van der Waals surface area contributed by atoms with Crippen molar-refractivity contribution in [2.45, 2.75) is 64.1 Å². The lowest BCUT2D eigenvalue weighted by Gasteiger charge is -2.41. The molecule has 0 radical (unpaired) electrons. The molecule has 0 bridgehead atoms. The number of benzene rings is 1. The molecule has 6 heteroatoms. The Labute approximate surface area is 146 Å². The quantitative estimate of drug-likeness (QED) is 0.773. The second-order valence-corrected chi connectivity index (χ2v) is 7.40. The van der Waals surface area contributed by atoms with Crippen molar-refractivity contribution in [3.05, 3.63) is 22.8 Å². The van der Waals surface area contributed by atoms with Crippen molar-refractivity contribution in [2.24, 2.45) is 5.92 Å². The van der Waals surface area contributed by atoms with Gasteiger partial charge in [-0.25, -0.2) is 4.79 Å². The predicted molar refractivity (Wildman–Crippen MR) is 90.2 cm³/mol. The summed E-state index contributed by atoms with van der Waals surface area (Å²) in [4.78, 5) is 23.8. The third-order valence-corrected chi connectivity index (χ3v) is 5.56. The molecule has 0 aromatic heterocycles. The van der Waals surface area contributed by atoms with Gasteiger partial charge < -0.3 is 20.1 Å². The fraction of sp³-hybridized carbons (Fsp3) is 0.579. The number of carboxylic acid groups (broad SMARTS) is 1. The highest BCUT2D eigenvalue weighted by Gasteiger charge is 2.55. The molecule has 0 saturated heterocycles. The molecule has 1 saturated carbocycles. The van der Waals surface area contributed by atoms with E-state index in [1.807, 2.05) is 6.92 Å². The van der Waals surface area contributed by atoms with Crippen LogP contribution in [0.15, 0.2) is 6.07 Å². The minimum atomic E-state index is -1.20. The normalized spacial score (nSPS) is 30.3. The number of phenols is 1. The van der Waals surface area contributed by atoms with Gasteiger partial charge in [-0.15, -0.1) is 0 Å².